The Kier molecular flexibility index (Phi) is 5.69. The maximum atomic E-state index is 13.8. The van der Waals surface area contributed by atoms with Gasteiger partial charge in [-0.1, -0.05) is 6.07 Å². The first-order chi connectivity index (χ1) is 13.6. The van der Waals surface area contributed by atoms with Crippen molar-refractivity contribution >= 4 is 22.4 Å². The van der Waals surface area contributed by atoms with E-state index in [1.807, 2.05) is 0 Å². The maximum Gasteiger partial charge on any atom is 0.433 e. The summed E-state index contributed by atoms with van der Waals surface area (Å²) < 4.78 is 67.7. The molecular weight excluding hydrogens is 415 g/mol. The van der Waals surface area contributed by atoms with Gasteiger partial charge in [0.1, 0.15) is 11.6 Å². The fourth-order valence-corrected chi connectivity index (χ4v) is 3.50. The lowest BCUT2D eigenvalue weighted by Gasteiger charge is -2.14. The Morgan fingerprint density at radius 3 is 2.59 bits per heavy atom. The highest BCUT2D eigenvalue weighted by Crippen LogP contribution is 2.34. The summed E-state index contributed by atoms with van der Waals surface area (Å²) in [6, 6.07) is 2.57. The van der Waals surface area contributed by atoms with E-state index in [0.29, 0.717) is 4.88 Å². The number of aromatic nitrogens is 3. The number of amides is 1. The second-order valence-electron chi connectivity index (χ2n) is 6.44. The molecule has 1 amide bonds. The average Bonchev–Trinajstić information content (AvgIpc) is 3.24. The number of hydrogen-bond acceptors (Lipinski definition) is 4. The number of carbonyl (C=O) groups excluding carboxylic acids is 1. The van der Waals surface area contributed by atoms with Crippen LogP contribution in [0.15, 0.2) is 30.6 Å². The van der Waals surface area contributed by atoms with Crippen LogP contribution in [0.2, 0.25) is 0 Å². The van der Waals surface area contributed by atoms with Crippen molar-refractivity contribution in [3.8, 4) is 0 Å². The molecule has 0 bridgehead atoms. The van der Waals surface area contributed by atoms with Crippen molar-refractivity contribution < 1.29 is 26.7 Å². The lowest BCUT2D eigenvalue weighted by Crippen LogP contribution is -2.22. The molecule has 29 heavy (non-hydrogen) atoms. The minimum absolute atomic E-state index is 0.0536. The van der Waals surface area contributed by atoms with Gasteiger partial charge in [0, 0.05) is 29.6 Å². The molecule has 2 aromatic heterocycles. The molecule has 1 aromatic carbocycles. The number of benzene rings is 1. The normalized spacial score (nSPS) is 11.9. The Balaban J connectivity index is 1.79. The molecule has 0 saturated heterocycles. The van der Waals surface area contributed by atoms with Crippen molar-refractivity contribution in [2.75, 3.05) is 5.32 Å². The van der Waals surface area contributed by atoms with Gasteiger partial charge in [0.05, 0.1) is 11.8 Å². The van der Waals surface area contributed by atoms with Crippen LogP contribution in [0.4, 0.5) is 27.1 Å². The highest BCUT2D eigenvalue weighted by atomic mass is 32.1. The predicted molar refractivity (Wildman–Crippen MR) is 96.8 cm³/mol. The van der Waals surface area contributed by atoms with Crippen molar-refractivity contribution in [3.05, 3.63) is 63.9 Å². The molecule has 0 atom stereocenters. The third kappa shape index (κ3) is 4.61. The molecule has 3 rings (SSSR count). The molecule has 154 valence electrons. The van der Waals surface area contributed by atoms with E-state index >= 15 is 0 Å². The second kappa shape index (κ2) is 7.90. The first kappa shape index (κ1) is 20.9. The Labute approximate surface area is 166 Å². The van der Waals surface area contributed by atoms with E-state index in [1.165, 1.54) is 26.1 Å². The van der Waals surface area contributed by atoms with Gasteiger partial charge < -0.3 is 0 Å². The second-order valence-corrected chi connectivity index (χ2v) is 7.56. The molecule has 1 N–H and O–H groups in total. The van der Waals surface area contributed by atoms with Crippen molar-refractivity contribution in [2.45, 2.75) is 32.5 Å². The zero-order valence-electron chi connectivity index (χ0n) is 15.2. The Morgan fingerprint density at radius 2 is 1.97 bits per heavy atom. The smallest absolute Gasteiger partial charge is 0.298 e. The van der Waals surface area contributed by atoms with Gasteiger partial charge in [-0.15, -0.1) is 11.3 Å². The van der Waals surface area contributed by atoms with Crippen LogP contribution in [0.5, 0.6) is 0 Å². The van der Waals surface area contributed by atoms with Crippen molar-refractivity contribution in [3.63, 3.8) is 0 Å². The van der Waals surface area contributed by atoms with Gasteiger partial charge in [-0.2, -0.15) is 18.3 Å². The minimum Gasteiger partial charge on any atom is -0.298 e. The molecule has 0 saturated carbocycles. The largest absolute Gasteiger partial charge is 0.433 e. The zero-order chi connectivity index (χ0) is 21.3. The molecule has 0 fully saturated rings. The van der Waals surface area contributed by atoms with E-state index < -0.39 is 41.0 Å². The van der Waals surface area contributed by atoms with Crippen LogP contribution in [0.25, 0.3) is 0 Å². The number of nitrogens with one attached hydrogen (secondary N) is 1. The van der Waals surface area contributed by atoms with Crippen molar-refractivity contribution in [1.29, 1.82) is 0 Å². The first-order valence-electron chi connectivity index (χ1n) is 8.41. The van der Waals surface area contributed by atoms with Crippen LogP contribution >= 0.6 is 11.3 Å². The number of rotatable bonds is 5. The molecule has 5 nitrogen and oxygen atoms in total. The number of carbonyl (C=O) groups is 1. The van der Waals surface area contributed by atoms with E-state index in [1.54, 1.807) is 0 Å². The molecule has 0 unspecified atom stereocenters. The van der Waals surface area contributed by atoms with Crippen LogP contribution in [0.3, 0.4) is 0 Å². The van der Waals surface area contributed by atoms with Crippen molar-refractivity contribution in [1.82, 2.24) is 14.8 Å². The summed E-state index contributed by atoms with van der Waals surface area (Å²) in [5, 5.41) is 6.04. The zero-order valence-corrected chi connectivity index (χ0v) is 16.0. The molecule has 0 spiro atoms. The monoisotopic (exact) mass is 430 g/mol. The number of halogens is 5. The number of nitrogens with zero attached hydrogens (tertiary/aromatic N) is 3. The van der Waals surface area contributed by atoms with E-state index in [4.69, 9.17) is 0 Å². The van der Waals surface area contributed by atoms with Crippen LogP contribution < -0.4 is 5.32 Å². The summed E-state index contributed by atoms with van der Waals surface area (Å²) in [4.78, 5) is 16.9. The fraction of sp³-hybridized carbons (Fsp3) is 0.278. The van der Waals surface area contributed by atoms with Gasteiger partial charge in [0.2, 0.25) is 0 Å². The van der Waals surface area contributed by atoms with Crippen LogP contribution in [0, 0.1) is 11.6 Å². The van der Waals surface area contributed by atoms with Gasteiger partial charge in [0.15, 0.2) is 10.8 Å². The molecular formula is C18H15F5N4OS. The van der Waals surface area contributed by atoms with Crippen LogP contribution in [0.1, 0.15) is 46.4 Å². The third-order valence-electron chi connectivity index (χ3n) is 3.95. The Hall–Kier alpha value is -2.82. The quantitative estimate of drug-likeness (QED) is 0.576. The fourth-order valence-electron chi connectivity index (χ4n) is 2.67. The topological polar surface area (TPSA) is 59.8 Å². The summed E-state index contributed by atoms with van der Waals surface area (Å²) in [5.74, 6) is -2.43. The highest BCUT2D eigenvalue weighted by Gasteiger charge is 2.40. The van der Waals surface area contributed by atoms with E-state index in [0.717, 1.165) is 34.3 Å². The summed E-state index contributed by atoms with van der Waals surface area (Å²) in [6.45, 7) is 3.04. The Morgan fingerprint density at radius 1 is 1.24 bits per heavy atom. The summed E-state index contributed by atoms with van der Waals surface area (Å²) in [5.41, 5.74) is -1.53. The lowest BCUT2D eigenvalue weighted by atomic mass is 10.1. The van der Waals surface area contributed by atoms with E-state index in [2.05, 4.69) is 15.4 Å². The van der Waals surface area contributed by atoms with Gasteiger partial charge >= 0.3 is 6.18 Å². The summed E-state index contributed by atoms with van der Waals surface area (Å²) in [7, 11) is 0. The number of thiazole rings is 1. The van der Waals surface area contributed by atoms with Gasteiger partial charge in [-0.05, 0) is 25.5 Å². The predicted octanol–water partition coefficient (Wildman–Crippen LogP) is 5.06. The number of hydrogen-bond donors (Lipinski definition) is 1. The number of anilines is 1. The molecule has 0 aliphatic heterocycles. The standard InChI is InChI=1S/C18H15F5N4OS/c1-9(2)27-15(18(21,22)23)13(8-25-27)16(28)26-17-24-7-12(29-17)5-10-3-4-11(19)6-14(10)20/h3-4,6-9H,5H2,1-2H3,(H,24,26,28). The van der Waals surface area contributed by atoms with Gasteiger partial charge in [-0.25, -0.2) is 13.8 Å². The molecule has 3 aromatic rings. The molecule has 11 heteroatoms. The van der Waals surface area contributed by atoms with Crippen LogP contribution in [-0.4, -0.2) is 20.7 Å². The number of alkyl halides is 3. The summed E-state index contributed by atoms with van der Waals surface area (Å²) in [6.07, 6.45) is -2.44. The van der Waals surface area contributed by atoms with Crippen molar-refractivity contribution in [2.24, 2.45) is 0 Å². The molecule has 2 heterocycles. The Bertz CT molecular complexity index is 1040. The molecule has 0 aliphatic carbocycles. The maximum absolute atomic E-state index is 13.8. The van der Waals surface area contributed by atoms with E-state index in [9.17, 15) is 26.7 Å². The lowest BCUT2D eigenvalue weighted by molar-refractivity contribution is -0.145. The van der Waals surface area contributed by atoms with Crippen LogP contribution in [-0.2, 0) is 12.6 Å². The highest BCUT2D eigenvalue weighted by molar-refractivity contribution is 7.15. The van der Waals surface area contributed by atoms with E-state index in [-0.39, 0.29) is 17.1 Å². The summed E-state index contributed by atoms with van der Waals surface area (Å²) >= 11 is 0.978. The molecule has 0 radical (unpaired) electrons. The van der Waals surface area contributed by atoms with Gasteiger partial charge in [-0.3, -0.25) is 14.8 Å². The van der Waals surface area contributed by atoms with Gasteiger partial charge in [0.25, 0.3) is 5.91 Å². The minimum atomic E-state index is -4.76. The third-order valence-corrected chi connectivity index (χ3v) is 4.86. The SMILES string of the molecule is CC(C)n1ncc(C(=O)Nc2ncc(Cc3ccc(F)cc3F)s2)c1C(F)(F)F. The first-order valence-corrected chi connectivity index (χ1v) is 9.22. The average molecular weight is 430 g/mol. The molecule has 0 aliphatic rings.